The first-order chi connectivity index (χ1) is 16.1. The maximum Gasteiger partial charge on any atom is 0.323 e. The van der Waals surface area contributed by atoms with E-state index in [1.807, 2.05) is 6.07 Å². The molecular formula is C25H25FN6O. The van der Waals surface area contributed by atoms with Gasteiger partial charge >= 0.3 is 6.03 Å². The SMILES string of the molecule is O=C(Nc1cccc(F)c1)Nc1cccc(C#Cc2ccnc(NCCN3CCCC3)n2)c1. The molecule has 33 heavy (non-hydrogen) atoms. The van der Waals surface area contributed by atoms with Gasteiger partial charge in [-0.1, -0.05) is 18.1 Å². The van der Waals surface area contributed by atoms with Crippen LogP contribution in [0.1, 0.15) is 24.1 Å². The number of nitrogens with zero attached hydrogens (tertiary/aromatic N) is 3. The lowest BCUT2D eigenvalue weighted by molar-refractivity contribution is 0.262. The van der Waals surface area contributed by atoms with Crippen molar-refractivity contribution in [2.24, 2.45) is 0 Å². The molecule has 2 aromatic carbocycles. The average Bonchev–Trinajstić information content (AvgIpc) is 3.32. The highest BCUT2D eigenvalue weighted by Gasteiger charge is 2.10. The molecule has 0 spiro atoms. The second-order valence-corrected chi connectivity index (χ2v) is 7.66. The van der Waals surface area contributed by atoms with Crippen molar-refractivity contribution in [1.29, 1.82) is 0 Å². The highest BCUT2D eigenvalue weighted by Crippen LogP contribution is 2.13. The van der Waals surface area contributed by atoms with Crippen LogP contribution in [0, 0.1) is 17.7 Å². The Labute approximate surface area is 192 Å². The number of carbonyl (C=O) groups excluding carboxylic acids is 1. The first-order valence-electron chi connectivity index (χ1n) is 10.9. The first-order valence-corrected chi connectivity index (χ1v) is 10.9. The summed E-state index contributed by atoms with van der Waals surface area (Å²) in [7, 11) is 0. The fourth-order valence-corrected chi connectivity index (χ4v) is 3.52. The Bertz CT molecular complexity index is 1170. The van der Waals surface area contributed by atoms with Gasteiger partial charge in [0.05, 0.1) is 0 Å². The van der Waals surface area contributed by atoms with Crippen LogP contribution >= 0.6 is 0 Å². The fourth-order valence-electron chi connectivity index (χ4n) is 3.52. The molecule has 1 aromatic heterocycles. The third-order valence-electron chi connectivity index (χ3n) is 5.10. The molecule has 1 saturated heterocycles. The Morgan fingerprint density at radius 3 is 2.55 bits per heavy atom. The topological polar surface area (TPSA) is 82.2 Å². The molecule has 0 aliphatic carbocycles. The van der Waals surface area contributed by atoms with Gasteiger partial charge in [-0.05, 0) is 74.3 Å². The van der Waals surface area contributed by atoms with Crippen molar-refractivity contribution in [1.82, 2.24) is 14.9 Å². The van der Waals surface area contributed by atoms with Gasteiger partial charge in [-0.15, -0.1) is 0 Å². The lowest BCUT2D eigenvalue weighted by Gasteiger charge is -2.14. The smallest absolute Gasteiger partial charge is 0.323 e. The van der Waals surface area contributed by atoms with Crippen LogP contribution in [-0.4, -0.2) is 47.1 Å². The van der Waals surface area contributed by atoms with Gasteiger partial charge in [0.2, 0.25) is 5.95 Å². The zero-order valence-electron chi connectivity index (χ0n) is 18.1. The van der Waals surface area contributed by atoms with Crippen LogP contribution in [0.15, 0.2) is 60.8 Å². The first kappa shape index (κ1) is 22.2. The number of nitrogens with one attached hydrogen (secondary N) is 3. The molecule has 2 heterocycles. The van der Waals surface area contributed by atoms with Crippen LogP contribution in [0.25, 0.3) is 0 Å². The quantitative estimate of drug-likeness (QED) is 0.497. The van der Waals surface area contributed by atoms with E-state index >= 15 is 0 Å². The molecule has 2 amide bonds. The van der Waals surface area contributed by atoms with Crippen molar-refractivity contribution in [3.05, 3.63) is 77.9 Å². The number of hydrogen-bond acceptors (Lipinski definition) is 5. The molecule has 1 fully saturated rings. The van der Waals surface area contributed by atoms with Crippen molar-refractivity contribution < 1.29 is 9.18 Å². The van der Waals surface area contributed by atoms with E-state index in [1.54, 1.807) is 36.5 Å². The third kappa shape index (κ3) is 7.02. The van der Waals surface area contributed by atoms with Crippen molar-refractivity contribution in [2.75, 3.05) is 42.1 Å². The number of amides is 2. The summed E-state index contributed by atoms with van der Waals surface area (Å²) in [6.45, 7) is 4.09. The van der Waals surface area contributed by atoms with E-state index in [1.165, 1.54) is 31.0 Å². The number of aromatic nitrogens is 2. The standard InChI is InChI=1S/C25H25FN6O/c26-20-6-4-8-23(18-20)31-25(33)30-22-7-3-5-19(17-22)9-10-21-11-12-27-24(29-21)28-13-16-32-14-1-2-15-32/h3-8,11-12,17-18H,1-2,13-16H2,(H,27,28,29)(H2,30,31,33). The van der Waals surface area contributed by atoms with Crippen LogP contribution in [0.3, 0.4) is 0 Å². The van der Waals surface area contributed by atoms with Gasteiger partial charge in [-0.2, -0.15) is 0 Å². The molecule has 1 aliphatic heterocycles. The van der Waals surface area contributed by atoms with E-state index in [0.29, 0.717) is 23.0 Å². The predicted octanol–water partition coefficient (Wildman–Crippen LogP) is 4.17. The minimum Gasteiger partial charge on any atom is -0.353 e. The highest BCUT2D eigenvalue weighted by atomic mass is 19.1. The van der Waals surface area contributed by atoms with Gasteiger partial charge < -0.3 is 20.9 Å². The molecule has 3 N–H and O–H groups in total. The zero-order valence-corrected chi connectivity index (χ0v) is 18.1. The van der Waals surface area contributed by atoms with E-state index in [9.17, 15) is 9.18 Å². The summed E-state index contributed by atoms with van der Waals surface area (Å²) in [4.78, 5) is 23.3. The summed E-state index contributed by atoms with van der Waals surface area (Å²) in [5.74, 6) is 6.24. The lowest BCUT2D eigenvalue weighted by Crippen LogP contribution is -2.26. The predicted molar refractivity (Wildman–Crippen MR) is 128 cm³/mol. The molecule has 8 heteroatoms. The normalized spacial score (nSPS) is 13.1. The number of urea groups is 1. The molecule has 168 valence electrons. The maximum absolute atomic E-state index is 13.3. The Balaban J connectivity index is 1.33. The van der Waals surface area contributed by atoms with Gasteiger partial charge in [-0.3, -0.25) is 0 Å². The van der Waals surface area contributed by atoms with Crippen molar-refractivity contribution in [2.45, 2.75) is 12.8 Å². The molecule has 3 aromatic rings. The van der Waals surface area contributed by atoms with E-state index in [4.69, 9.17) is 0 Å². The van der Waals surface area contributed by atoms with Gasteiger partial charge in [-0.25, -0.2) is 19.2 Å². The largest absolute Gasteiger partial charge is 0.353 e. The van der Waals surface area contributed by atoms with E-state index in [-0.39, 0.29) is 0 Å². The molecule has 0 radical (unpaired) electrons. The molecular weight excluding hydrogens is 419 g/mol. The van der Waals surface area contributed by atoms with Crippen LogP contribution < -0.4 is 16.0 Å². The van der Waals surface area contributed by atoms with Gasteiger partial charge in [0.1, 0.15) is 11.5 Å². The van der Waals surface area contributed by atoms with Gasteiger partial charge in [0.25, 0.3) is 0 Å². The summed E-state index contributed by atoms with van der Waals surface area (Å²) >= 11 is 0. The minimum absolute atomic E-state index is 0.372. The van der Waals surface area contributed by atoms with Crippen LogP contribution in [0.2, 0.25) is 0 Å². The lowest BCUT2D eigenvalue weighted by atomic mass is 10.2. The number of rotatable bonds is 6. The Morgan fingerprint density at radius 1 is 1.00 bits per heavy atom. The molecule has 0 unspecified atom stereocenters. The summed E-state index contributed by atoms with van der Waals surface area (Å²) in [5, 5.41) is 8.57. The van der Waals surface area contributed by atoms with Crippen LogP contribution in [0.5, 0.6) is 0 Å². The average molecular weight is 445 g/mol. The minimum atomic E-state index is -0.467. The number of halogens is 1. The summed E-state index contributed by atoms with van der Waals surface area (Å²) < 4.78 is 13.3. The van der Waals surface area contributed by atoms with E-state index < -0.39 is 11.8 Å². The van der Waals surface area contributed by atoms with E-state index in [2.05, 4.69) is 42.7 Å². The Kier molecular flexibility index (Phi) is 7.46. The summed E-state index contributed by atoms with van der Waals surface area (Å²) in [6, 6.07) is 14.2. The molecule has 0 bridgehead atoms. The van der Waals surface area contributed by atoms with Crippen molar-refractivity contribution in [3.8, 4) is 11.8 Å². The maximum atomic E-state index is 13.3. The number of benzene rings is 2. The summed E-state index contributed by atoms with van der Waals surface area (Å²) in [5.41, 5.74) is 2.27. The van der Waals surface area contributed by atoms with Crippen LogP contribution in [0.4, 0.5) is 26.5 Å². The fraction of sp³-hybridized carbons (Fsp3) is 0.240. The molecule has 0 atom stereocenters. The van der Waals surface area contributed by atoms with Crippen molar-refractivity contribution in [3.63, 3.8) is 0 Å². The molecule has 4 rings (SSSR count). The number of hydrogen-bond donors (Lipinski definition) is 3. The van der Waals surface area contributed by atoms with Crippen molar-refractivity contribution >= 4 is 23.4 Å². The Morgan fingerprint density at radius 2 is 1.76 bits per heavy atom. The number of likely N-dealkylation sites (tertiary alicyclic amines) is 1. The number of carbonyl (C=O) groups is 1. The van der Waals surface area contributed by atoms with E-state index in [0.717, 1.165) is 31.7 Å². The molecule has 0 saturated carbocycles. The zero-order chi connectivity index (χ0) is 22.9. The molecule has 1 aliphatic rings. The van der Waals surface area contributed by atoms with Crippen LogP contribution in [-0.2, 0) is 0 Å². The van der Waals surface area contributed by atoms with Gasteiger partial charge in [0, 0.05) is 36.2 Å². The monoisotopic (exact) mass is 444 g/mol. The number of anilines is 3. The Hall–Kier alpha value is -3.96. The highest BCUT2D eigenvalue weighted by molar-refractivity contribution is 5.99. The van der Waals surface area contributed by atoms with Gasteiger partial charge in [0.15, 0.2) is 0 Å². The second kappa shape index (κ2) is 11.1. The summed E-state index contributed by atoms with van der Waals surface area (Å²) in [6.07, 6.45) is 4.23. The third-order valence-corrected chi connectivity index (χ3v) is 5.10. The second-order valence-electron chi connectivity index (χ2n) is 7.66. The molecule has 7 nitrogen and oxygen atoms in total.